The minimum Gasteiger partial charge on any atom is -0.376 e. The van der Waals surface area contributed by atoms with E-state index in [1.165, 1.54) is 0 Å². The lowest BCUT2D eigenvalue weighted by molar-refractivity contribution is 0.120. The van der Waals surface area contributed by atoms with E-state index >= 15 is 0 Å². The van der Waals surface area contributed by atoms with Gasteiger partial charge >= 0.3 is 0 Å². The standard InChI is InChI=1S/C14H23N5O3S/c1-2-19(11-5-7-23(20,21)10-11)14-17-13(9-16-18-14)15-8-12-4-3-6-22-12/h9,11-12H,2-8,10H2,1H3,(H,15,17,18). The van der Waals surface area contributed by atoms with Gasteiger partial charge < -0.3 is 15.0 Å². The number of rotatable bonds is 6. The number of sulfone groups is 1. The van der Waals surface area contributed by atoms with Gasteiger partial charge in [0.15, 0.2) is 15.7 Å². The van der Waals surface area contributed by atoms with Gasteiger partial charge in [0.1, 0.15) is 0 Å². The summed E-state index contributed by atoms with van der Waals surface area (Å²) in [4.78, 5) is 6.41. The monoisotopic (exact) mass is 341 g/mol. The largest absolute Gasteiger partial charge is 0.376 e. The van der Waals surface area contributed by atoms with E-state index in [-0.39, 0.29) is 23.7 Å². The molecule has 2 saturated heterocycles. The first-order valence-corrected chi connectivity index (χ1v) is 9.92. The molecule has 128 valence electrons. The molecule has 0 aromatic carbocycles. The molecule has 2 unspecified atom stereocenters. The molecule has 2 aliphatic heterocycles. The Hall–Kier alpha value is -1.48. The molecule has 3 heterocycles. The van der Waals surface area contributed by atoms with Crippen molar-refractivity contribution in [2.75, 3.05) is 41.4 Å². The van der Waals surface area contributed by atoms with E-state index in [1.807, 2.05) is 11.8 Å². The topological polar surface area (TPSA) is 97.3 Å². The number of ether oxygens (including phenoxy) is 1. The molecule has 0 amide bonds. The van der Waals surface area contributed by atoms with E-state index in [1.54, 1.807) is 6.20 Å². The van der Waals surface area contributed by atoms with Gasteiger partial charge in [-0.2, -0.15) is 10.1 Å². The predicted molar refractivity (Wildman–Crippen MR) is 87.4 cm³/mol. The normalized spacial score (nSPS) is 26.3. The van der Waals surface area contributed by atoms with E-state index < -0.39 is 9.84 Å². The van der Waals surface area contributed by atoms with Gasteiger partial charge in [-0.3, -0.25) is 0 Å². The van der Waals surface area contributed by atoms with Crippen molar-refractivity contribution in [2.45, 2.75) is 38.3 Å². The van der Waals surface area contributed by atoms with Crippen molar-refractivity contribution in [3.63, 3.8) is 0 Å². The Morgan fingerprint density at radius 3 is 2.96 bits per heavy atom. The summed E-state index contributed by atoms with van der Waals surface area (Å²) in [7, 11) is -2.94. The molecule has 2 aliphatic rings. The third-order valence-electron chi connectivity index (χ3n) is 4.33. The van der Waals surface area contributed by atoms with Crippen LogP contribution in [0.2, 0.25) is 0 Å². The van der Waals surface area contributed by atoms with Crippen molar-refractivity contribution in [1.29, 1.82) is 0 Å². The summed E-state index contributed by atoms with van der Waals surface area (Å²) in [5.74, 6) is 1.52. The Morgan fingerprint density at radius 2 is 2.30 bits per heavy atom. The van der Waals surface area contributed by atoms with E-state index in [0.29, 0.717) is 31.3 Å². The van der Waals surface area contributed by atoms with Gasteiger partial charge in [-0.15, -0.1) is 5.10 Å². The fourth-order valence-corrected chi connectivity index (χ4v) is 4.84. The lowest BCUT2D eigenvalue weighted by atomic mass is 10.2. The molecule has 0 radical (unpaired) electrons. The number of nitrogens with zero attached hydrogens (tertiary/aromatic N) is 4. The molecule has 1 aromatic heterocycles. The van der Waals surface area contributed by atoms with Crippen LogP contribution in [-0.2, 0) is 14.6 Å². The SMILES string of the molecule is CCN(c1nncc(NCC2CCCO2)n1)C1CCS(=O)(=O)C1. The van der Waals surface area contributed by atoms with Crippen molar-refractivity contribution in [3.05, 3.63) is 6.20 Å². The van der Waals surface area contributed by atoms with Crippen LogP contribution in [0.4, 0.5) is 11.8 Å². The summed E-state index contributed by atoms with van der Waals surface area (Å²) in [6.07, 6.45) is 4.57. The highest BCUT2D eigenvalue weighted by molar-refractivity contribution is 7.91. The smallest absolute Gasteiger partial charge is 0.247 e. The van der Waals surface area contributed by atoms with Gasteiger partial charge in [-0.1, -0.05) is 0 Å². The third-order valence-corrected chi connectivity index (χ3v) is 6.08. The number of aromatic nitrogens is 3. The Bertz CT molecular complexity index is 633. The van der Waals surface area contributed by atoms with Crippen LogP contribution in [0.25, 0.3) is 0 Å². The second kappa shape index (κ2) is 6.96. The Labute approximate surface area is 136 Å². The van der Waals surface area contributed by atoms with Gasteiger partial charge in [0, 0.05) is 25.7 Å². The molecule has 23 heavy (non-hydrogen) atoms. The second-order valence-electron chi connectivity index (χ2n) is 6.00. The van der Waals surface area contributed by atoms with Crippen LogP contribution in [0.3, 0.4) is 0 Å². The maximum Gasteiger partial charge on any atom is 0.247 e. The highest BCUT2D eigenvalue weighted by Crippen LogP contribution is 2.22. The molecule has 8 nitrogen and oxygen atoms in total. The van der Waals surface area contributed by atoms with Crippen molar-refractivity contribution in [1.82, 2.24) is 15.2 Å². The van der Waals surface area contributed by atoms with Crippen LogP contribution >= 0.6 is 0 Å². The number of hydrogen-bond acceptors (Lipinski definition) is 8. The number of hydrogen-bond donors (Lipinski definition) is 1. The van der Waals surface area contributed by atoms with Crippen molar-refractivity contribution < 1.29 is 13.2 Å². The maximum atomic E-state index is 11.7. The second-order valence-corrected chi connectivity index (χ2v) is 8.23. The first-order chi connectivity index (χ1) is 11.1. The minimum atomic E-state index is -2.94. The molecular formula is C14H23N5O3S. The van der Waals surface area contributed by atoms with Crippen LogP contribution in [0.1, 0.15) is 26.2 Å². The van der Waals surface area contributed by atoms with Crippen LogP contribution in [0.5, 0.6) is 0 Å². The Morgan fingerprint density at radius 1 is 1.43 bits per heavy atom. The highest BCUT2D eigenvalue weighted by atomic mass is 32.2. The molecule has 2 atom stereocenters. The number of anilines is 2. The first kappa shape index (κ1) is 16.4. The molecule has 1 N–H and O–H groups in total. The summed E-state index contributed by atoms with van der Waals surface area (Å²) in [6.45, 7) is 4.14. The predicted octanol–water partition coefficient (Wildman–Crippen LogP) is 0.476. The molecule has 0 spiro atoms. The molecule has 0 bridgehead atoms. The molecule has 2 fully saturated rings. The zero-order valence-corrected chi connectivity index (χ0v) is 14.1. The van der Waals surface area contributed by atoms with Gasteiger partial charge in [-0.05, 0) is 26.2 Å². The van der Waals surface area contributed by atoms with Crippen LogP contribution in [0, 0.1) is 0 Å². The Kier molecular flexibility index (Phi) is 4.96. The maximum absolute atomic E-state index is 11.7. The Balaban J connectivity index is 1.67. The zero-order chi connectivity index (χ0) is 16.3. The van der Waals surface area contributed by atoms with Crippen LogP contribution < -0.4 is 10.2 Å². The van der Waals surface area contributed by atoms with Gasteiger partial charge in [0.05, 0.1) is 23.8 Å². The lowest BCUT2D eigenvalue weighted by Crippen LogP contribution is -2.37. The van der Waals surface area contributed by atoms with E-state index in [2.05, 4.69) is 20.5 Å². The molecule has 3 rings (SSSR count). The fourth-order valence-electron chi connectivity index (χ4n) is 3.11. The first-order valence-electron chi connectivity index (χ1n) is 8.09. The van der Waals surface area contributed by atoms with Crippen LogP contribution in [0.15, 0.2) is 6.20 Å². The van der Waals surface area contributed by atoms with Gasteiger partial charge in [-0.25, -0.2) is 8.42 Å². The van der Waals surface area contributed by atoms with Gasteiger partial charge in [0.25, 0.3) is 0 Å². The zero-order valence-electron chi connectivity index (χ0n) is 13.3. The van der Waals surface area contributed by atoms with Crippen LogP contribution in [-0.4, -0.2) is 66.9 Å². The molecule has 1 aromatic rings. The highest BCUT2D eigenvalue weighted by Gasteiger charge is 2.33. The van der Waals surface area contributed by atoms with E-state index in [4.69, 9.17) is 4.74 Å². The summed E-state index contributed by atoms with van der Waals surface area (Å²) in [5, 5.41) is 11.3. The summed E-state index contributed by atoms with van der Waals surface area (Å²) in [5.41, 5.74) is 0. The molecule has 0 saturated carbocycles. The van der Waals surface area contributed by atoms with Crippen molar-refractivity contribution >= 4 is 21.6 Å². The summed E-state index contributed by atoms with van der Waals surface area (Å²) >= 11 is 0. The van der Waals surface area contributed by atoms with Crippen molar-refractivity contribution in [2.24, 2.45) is 0 Å². The molecule has 9 heteroatoms. The lowest BCUT2D eigenvalue weighted by Gasteiger charge is -2.26. The minimum absolute atomic E-state index is 0.0692. The van der Waals surface area contributed by atoms with Gasteiger partial charge in [0.2, 0.25) is 5.95 Å². The van der Waals surface area contributed by atoms with E-state index in [9.17, 15) is 8.42 Å². The molecule has 0 aliphatic carbocycles. The summed E-state index contributed by atoms with van der Waals surface area (Å²) in [6, 6.07) is -0.0692. The average molecular weight is 341 g/mol. The fraction of sp³-hybridized carbons (Fsp3) is 0.786. The number of nitrogens with one attached hydrogen (secondary N) is 1. The van der Waals surface area contributed by atoms with Crippen molar-refractivity contribution in [3.8, 4) is 0 Å². The summed E-state index contributed by atoms with van der Waals surface area (Å²) < 4.78 is 29.0. The van der Waals surface area contributed by atoms with E-state index in [0.717, 1.165) is 19.4 Å². The average Bonchev–Trinajstić information content (AvgIpc) is 3.16. The molecular weight excluding hydrogens is 318 g/mol. The third kappa shape index (κ3) is 4.08. The quantitative estimate of drug-likeness (QED) is 0.798.